The van der Waals surface area contributed by atoms with Crippen LogP contribution in [0.25, 0.3) is 0 Å². The average Bonchev–Trinajstić information content (AvgIpc) is 3.07. The van der Waals surface area contributed by atoms with Gasteiger partial charge in [0, 0.05) is 19.0 Å². The Morgan fingerprint density at radius 3 is 2.77 bits per heavy atom. The molecular formula is C19H26FNO. The molecule has 3 heteroatoms. The van der Waals surface area contributed by atoms with Gasteiger partial charge in [0.05, 0.1) is 0 Å². The molecule has 1 saturated carbocycles. The smallest absolute Gasteiger partial charge is 0.225 e. The van der Waals surface area contributed by atoms with E-state index in [1.54, 1.807) is 12.1 Å². The Morgan fingerprint density at radius 2 is 2.00 bits per heavy atom. The molecule has 0 radical (unpaired) electrons. The van der Waals surface area contributed by atoms with Crippen LogP contribution in [-0.2, 0) is 11.2 Å². The van der Waals surface area contributed by atoms with E-state index >= 15 is 0 Å². The highest BCUT2D eigenvalue weighted by molar-refractivity contribution is 5.79. The summed E-state index contributed by atoms with van der Waals surface area (Å²) in [5, 5.41) is 0. The minimum absolute atomic E-state index is 0.154. The number of hydrogen-bond acceptors (Lipinski definition) is 1. The van der Waals surface area contributed by atoms with Gasteiger partial charge in [0.1, 0.15) is 5.82 Å². The van der Waals surface area contributed by atoms with E-state index in [9.17, 15) is 9.18 Å². The van der Waals surface area contributed by atoms with E-state index in [1.807, 2.05) is 6.07 Å². The first kappa shape index (κ1) is 15.5. The molecule has 0 aromatic heterocycles. The molecule has 2 nitrogen and oxygen atoms in total. The van der Waals surface area contributed by atoms with Gasteiger partial charge in [-0.05, 0) is 62.1 Å². The second-order valence-corrected chi connectivity index (χ2v) is 6.94. The quantitative estimate of drug-likeness (QED) is 0.817. The summed E-state index contributed by atoms with van der Waals surface area (Å²) in [7, 11) is 0. The van der Waals surface area contributed by atoms with Crippen LogP contribution < -0.4 is 0 Å². The molecule has 1 aromatic rings. The number of carbonyl (C=O) groups is 1. The summed E-state index contributed by atoms with van der Waals surface area (Å²) >= 11 is 0. The molecule has 120 valence electrons. The normalized spacial score (nSPS) is 23.0. The van der Waals surface area contributed by atoms with E-state index in [0.29, 0.717) is 17.7 Å². The Kier molecular flexibility index (Phi) is 5.12. The van der Waals surface area contributed by atoms with E-state index in [4.69, 9.17) is 0 Å². The number of benzene rings is 1. The maximum Gasteiger partial charge on any atom is 0.225 e. The number of piperidine rings is 1. The van der Waals surface area contributed by atoms with Crippen LogP contribution >= 0.6 is 0 Å². The van der Waals surface area contributed by atoms with Gasteiger partial charge in [-0.2, -0.15) is 0 Å². The standard InChI is InChI=1S/C19H26FNO/c20-18-9-3-5-15(13-18)10-11-16-6-4-12-21(14-16)19(22)17-7-1-2-8-17/h3,5,9,13,16-17H,1-2,4,6-8,10-12,14H2/t16-/m0/s1. The van der Waals surface area contributed by atoms with Crippen molar-refractivity contribution in [2.75, 3.05) is 13.1 Å². The minimum atomic E-state index is -0.154. The fourth-order valence-corrected chi connectivity index (χ4v) is 4.00. The molecular weight excluding hydrogens is 277 g/mol. The zero-order valence-electron chi connectivity index (χ0n) is 13.3. The molecule has 1 aliphatic carbocycles. The lowest BCUT2D eigenvalue weighted by atomic mass is 9.90. The lowest BCUT2D eigenvalue weighted by Gasteiger charge is -2.34. The Morgan fingerprint density at radius 1 is 1.18 bits per heavy atom. The van der Waals surface area contributed by atoms with Gasteiger partial charge in [-0.15, -0.1) is 0 Å². The number of halogens is 1. The third-order valence-corrected chi connectivity index (χ3v) is 5.27. The molecule has 1 saturated heterocycles. The van der Waals surface area contributed by atoms with Crippen LogP contribution in [-0.4, -0.2) is 23.9 Å². The lowest BCUT2D eigenvalue weighted by Crippen LogP contribution is -2.42. The molecule has 0 spiro atoms. The fourth-order valence-electron chi connectivity index (χ4n) is 4.00. The summed E-state index contributed by atoms with van der Waals surface area (Å²) in [6.45, 7) is 1.84. The summed E-state index contributed by atoms with van der Waals surface area (Å²) in [5.41, 5.74) is 1.07. The number of likely N-dealkylation sites (tertiary alicyclic amines) is 1. The van der Waals surface area contributed by atoms with Crippen molar-refractivity contribution < 1.29 is 9.18 Å². The van der Waals surface area contributed by atoms with Gasteiger partial charge in [0.25, 0.3) is 0 Å². The molecule has 1 atom stereocenters. The van der Waals surface area contributed by atoms with Crippen LogP contribution in [0.5, 0.6) is 0 Å². The van der Waals surface area contributed by atoms with E-state index in [2.05, 4.69) is 4.90 Å². The second-order valence-electron chi connectivity index (χ2n) is 6.94. The summed E-state index contributed by atoms with van der Waals surface area (Å²) in [5.74, 6) is 1.11. The van der Waals surface area contributed by atoms with Crippen LogP contribution in [0.4, 0.5) is 4.39 Å². The second kappa shape index (κ2) is 7.26. The monoisotopic (exact) mass is 303 g/mol. The van der Waals surface area contributed by atoms with E-state index in [-0.39, 0.29) is 5.82 Å². The maximum atomic E-state index is 13.2. The van der Waals surface area contributed by atoms with E-state index < -0.39 is 0 Å². The van der Waals surface area contributed by atoms with Crippen molar-refractivity contribution in [3.63, 3.8) is 0 Å². The van der Waals surface area contributed by atoms with Gasteiger partial charge < -0.3 is 4.90 Å². The molecule has 2 fully saturated rings. The number of carbonyl (C=O) groups excluding carboxylic acids is 1. The first-order valence-corrected chi connectivity index (χ1v) is 8.75. The first-order valence-electron chi connectivity index (χ1n) is 8.75. The first-order chi connectivity index (χ1) is 10.7. The number of rotatable bonds is 4. The predicted octanol–water partition coefficient (Wildman–Crippen LogP) is 4.19. The van der Waals surface area contributed by atoms with Gasteiger partial charge in [-0.1, -0.05) is 25.0 Å². The summed E-state index contributed by atoms with van der Waals surface area (Å²) in [4.78, 5) is 14.6. The maximum absolute atomic E-state index is 13.2. The van der Waals surface area contributed by atoms with Gasteiger partial charge in [0.2, 0.25) is 5.91 Å². The van der Waals surface area contributed by atoms with Crippen molar-refractivity contribution in [3.05, 3.63) is 35.6 Å². The van der Waals surface area contributed by atoms with E-state index in [0.717, 1.165) is 50.8 Å². The third-order valence-electron chi connectivity index (χ3n) is 5.27. The highest BCUT2D eigenvalue weighted by Gasteiger charge is 2.30. The minimum Gasteiger partial charge on any atom is -0.342 e. The SMILES string of the molecule is O=C(C1CCCC1)N1CCC[C@@H](CCc2cccc(F)c2)C1. The number of aryl methyl sites for hydroxylation is 1. The van der Waals surface area contributed by atoms with Crippen molar-refractivity contribution in [3.8, 4) is 0 Å². The van der Waals surface area contributed by atoms with Gasteiger partial charge in [-0.3, -0.25) is 4.79 Å². The van der Waals surface area contributed by atoms with E-state index in [1.165, 1.54) is 25.3 Å². The molecule has 1 amide bonds. The van der Waals surface area contributed by atoms with Crippen LogP contribution in [0.1, 0.15) is 50.5 Å². The molecule has 0 N–H and O–H groups in total. The molecule has 0 bridgehead atoms. The molecule has 22 heavy (non-hydrogen) atoms. The molecule has 1 heterocycles. The lowest BCUT2D eigenvalue weighted by molar-refractivity contribution is -0.137. The Balaban J connectivity index is 1.51. The van der Waals surface area contributed by atoms with Crippen LogP contribution in [0.2, 0.25) is 0 Å². The number of nitrogens with zero attached hydrogens (tertiary/aromatic N) is 1. The van der Waals surface area contributed by atoms with Crippen molar-refractivity contribution in [1.82, 2.24) is 4.90 Å². The van der Waals surface area contributed by atoms with Crippen molar-refractivity contribution in [2.45, 2.75) is 51.4 Å². The van der Waals surface area contributed by atoms with Crippen LogP contribution in [0.15, 0.2) is 24.3 Å². The molecule has 0 unspecified atom stereocenters. The van der Waals surface area contributed by atoms with Crippen LogP contribution in [0, 0.1) is 17.7 Å². The van der Waals surface area contributed by atoms with Gasteiger partial charge in [-0.25, -0.2) is 4.39 Å². The number of amides is 1. The Hall–Kier alpha value is -1.38. The molecule has 3 rings (SSSR count). The third kappa shape index (κ3) is 3.88. The summed E-state index contributed by atoms with van der Waals surface area (Å²) < 4.78 is 13.2. The Bertz CT molecular complexity index is 510. The molecule has 2 aliphatic rings. The average molecular weight is 303 g/mol. The highest BCUT2D eigenvalue weighted by Crippen LogP contribution is 2.29. The summed E-state index contributed by atoms with van der Waals surface area (Å²) in [6, 6.07) is 6.89. The zero-order valence-corrected chi connectivity index (χ0v) is 13.3. The Labute approximate surface area is 132 Å². The summed E-state index contributed by atoms with van der Waals surface area (Å²) in [6.07, 6.45) is 8.88. The highest BCUT2D eigenvalue weighted by atomic mass is 19.1. The zero-order chi connectivity index (χ0) is 15.4. The van der Waals surface area contributed by atoms with Crippen molar-refractivity contribution in [2.24, 2.45) is 11.8 Å². The fraction of sp³-hybridized carbons (Fsp3) is 0.632. The topological polar surface area (TPSA) is 20.3 Å². The number of hydrogen-bond donors (Lipinski definition) is 0. The van der Waals surface area contributed by atoms with Crippen molar-refractivity contribution in [1.29, 1.82) is 0 Å². The van der Waals surface area contributed by atoms with Gasteiger partial charge >= 0.3 is 0 Å². The van der Waals surface area contributed by atoms with Crippen molar-refractivity contribution >= 4 is 5.91 Å². The predicted molar refractivity (Wildman–Crippen MR) is 86.0 cm³/mol. The van der Waals surface area contributed by atoms with Crippen LogP contribution in [0.3, 0.4) is 0 Å². The largest absolute Gasteiger partial charge is 0.342 e. The van der Waals surface area contributed by atoms with Gasteiger partial charge in [0.15, 0.2) is 0 Å². The molecule has 1 aromatic carbocycles. The molecule has 1 aliphatic heterocycles.